The molecule has 0 spiro atoms. The zero-order valence-electron chi connectivity index (χ0n) is 6.04. The summed E-state index contributed by atoms with van der Waals surface area (Å²) in [6, 6.07) is 0. The van der Waals surface area contributed by atoms with Gasteiger partial charge in [0.25, 0.3) is 0 Å². The topological polar surface area (TPSA) is 54.4 Å². The Balaban J connectivity index is 3.59. The first kappa shape index (κ1) is 9.30. The second-order valence-corrected chi connectivity index (χ2v) is 2.31. The lowest BCUT2D eigenvalue weighted by molar-refractivity contribution is -0.121. The zero-order valence-corrected chi connectivity index (χ0v) is 6.04. The fraction of sp³-hybridized carbons (Fsp3) is 0.714. The number of carbonyl (C=O) groups excluding carboxylic acids is 2. The molecule has 0 aromatic heterocycles. The lowest BCUT2D eigenvalue weighted by Gasteiger charge is -2.03. The molecule has 1 unspecified atom stereocenters. The van der Waals surface area contributed by atoms with Gasteiger partial charge >= 0.3 is 0 Å². The van der Waals surface area contributed by atoms with Crippen LogP contribution in [0.25, 0.3) is 0 Å². The van der Waals surface area contributed by atoms with Crippen LogP contribution in [0.3, 0.4) is 0 Å². The van der Waals surface area contributed by atoms with Crippen molar-refractivity contribution in [3.8, 4) is 0 Å². The van der Waals surface area contributed by atoms with E-state index in [0.717, 1.165) is 6.29 Å². The maximum atomic E-state index is 10.4. The van der Waals surface area contributed by atoms with Gasteiger partial charge < -0.3 is 14.7 Å². The maximum Gasteiger partial charge on any atom is 0.130 e. The molecule has 0 fully saturated rings. The normalized spacial score (nSPS) is 12.6. The highest BCUT2D eigenvalue weighted by Gasteiger charge is 2.08. The molecule has 0 heterocycles. The Kier molecular flexibility index (Phi) is 4.76. The molecule has 3 nitrogen and oxygen atoms in total. The summed E-state index contributed by atoms with van der Waals surface area (Å²) in [7, 11) is 0. The Morgan fingerprint density at radius 2 is 2.30 bits per heavy atom. The first-order valence-corrected chi connectivity index (χ1v) is 3.26. The van der Waals surface area contributed by atoms with Crippen molar-refractivity contribution in [1.82, 2.24) is 0 Å². The number of ketones is 1. The van der Waals surface area contributed by atoms with E-state index in [-0.39, 0.29) is 24.7 Å². The van der Waals surface area contributed by atoms with Crippen molar-refractivity contribution >= 4 is 12.1 Å². The van der Waals surface area contributed by atoms with Crippen LogP contribution < -0.4 is 0 Å². The van der Waals surface area contributed by atoms with Crippen molar-refractivity contribution in [3.05, 3.63) is 0 Å². The molecule has 0 rings (SSSR count). The predicted molar refractivity (Wildman–Crippen MR) is 36.6 cm³/mol. The van der Waals surface area contributed by atoms with E-state index >= 15 is 0 Å². The lowest BCUT2D eigenvalue weighted by atomic mass is 10.0. The van der Waals surface area contributed by atoms with Crippen LogP contribution in [0.5, 0.6) is 0 Å². The monoisotopic (exact) mass is 144 g/mol. The molecule has 0 aromatic carbocycles. The average molecular weight is 144 g/mol. The SMILES string of the molecule is CC(=O)CC(C=O)CCO. The number of rotatable bonds is 5. The van der Waals surface area contributed by atoms with E-state index in [4.69, 9.17) is 5.11 Å². The second kappa shape index (κ2) is 5.11. The highest BCUT2D eigenvalue weighted by molar-refractivity contribution is 5.78. The molecule has 1 N–H and O–H groups in total. The molecule has 0 saturated heterocycles. The lowest BCUT2D eigenvalue weighted by Crippen LogP contribution is -2.08. The summed E-state index contributed by atoms with van der Waals surface area (Å²) in [5, 5.41) is 8.41. The number of aliphatic hydroxyl groups is 1. The Hall–Kier alpha value is -0.700. The van der Waals surface area contributed by atoms with Gasteiger partial charge in [-0.1, -0.05) is 0 Å². The van der Waals surface area contributed by atoms with Crippen LogP contribution in [-0.2, 0) is 9.59 Å². The van der Waals surface area contributed by atoms with Crippen LogP contribution in [0.1, 0.15) is 19.8 Å². The van der Waals surface area contributed by atoms with Crippen LogP contribution in [0, 0.1) is 5.92 Å². The standard InChI is InChI=1S/C7H12O3/c1-6(10)4-7(5-9)2-3-8/h5,7-8H,2-4H2,1H3. The van der Waals surface area contributed by atoms with Gasteiger partial charge in [-0.25, -0.2) is 0 Å². The molecule has 0 radical (unpaired) electrons. The summed E-state index contributed by atoms with van der Waals surface area (Å²) >= 11 is 0. The van der Waals surface area contributed by atoms with Crippen molar-refractivity contribution in [2.24, 2.45) is 5.92 Å². The van der Waals surface area contributed by atoms with Crippen molar-refractivity contribution in [3.63, 3.8) is 0 Å². The molecular formula is C7H12O3. The summed E-state index contributed by atoms with van der Waals surface area (Å²) in [5.74, 6) is -0.298. The quantitative estimate of drug-likeness (QED) is 0.559. The molecule has 58 valence electrons. The third-order valence-corrected chi connectivity index (χ3v) is 1.24. The number of aldehydes is 1. The van der Waals surface area contributed by atoms with Crippen LogP contribution >= 0.6 is 0 Å². The number of hydrogen-bond acceptors (Lipinski definition) is 3. The van der Waals surface area contributed by atoms with E-state index < -0.39 is 0 Å². The van der Waals surface area contributed by atoms with E-state index in [1.54, 1.807) is 0 Å². The van der Waals surface area contributed by atoms with E-state index in [9.17, 15) is 9.59 Å². The van der Waals surface area contributed by atoms with Crippen molar-refractivity contribution in [2.45, 2.75) is 19.8 Å². The number of aliphatic hydroxyl groups excluding tert-OH is 1. The minimum absolute atomic E-state index is 0.00875. The number of carbonyl (C=O) groups is 2. The highest BCUT2D eigenvalue weighted by Crippen LogP contribution is 2.04. The first-order valence-electron chi connectivity index (χ1n) is 3.26. The number of hydrogen-bond donors (Lipinski definition) is 1. The molecule has 0 saturated carbocycles. The van der Waals surface area contributed by atoms with Gasteiger partial charge in [0, 0.05) is 18.9 Å². The molecular weight excluding hydrogens is 132 g/mol. The Morgan fingerprint density at radius 1 is 1.70 bits per heavy atom. The van der Waals surface area contributed by atoms with Gasteiger partial charge in [0.2, 0.25) is 0 Å². The Morgan fingerprint density at radius 3 is 2.60 bits per heavy atom. The highest BCUT2D eigenvalue weighted by atomic mass is 16.3. The Labute approximate surface area is 60.0 Å². The van der Waals surface area contributed by atoms with Crippen LogP contribution in [-0.4, -0.2) is 23.8 Å². The molecule has 0 amide bonds. The Bertz CT molecular complexity index is 120. The summed E-state index contributed by atoms with van der Waals surface area (Å²) in [6.45, 7) is 1.41. The molecule has 0 aromatic rings. The summed E-state index contributed by atoms with van der Waals surface area (Å²) < 4.78 is 0. The number of Topliss-reactive ketones (excluding diaryl/α,β-unsaturated/α-hetero) is 1. The van der Waals surface area contributed by atoms with Crippen molar-refractivity contribution < 1.29 is 14.7 Å². The smallest absolute Gasteiger partial charge is 0.130 e. The molecule has 0 aliphatic carbocycles. The van der Waals surface area contributed by atoms with E-state index in [0.29, 0.717) is 6.42 Å². The average Bonchev–Trinajstić information content (AvgIpc) is 1.86. The summed E-state index contributed by atoms with van der Waals surface area (Å²) in [4.78, 5) is 20.6. The van der Waals surface area contributed by atoms with E-state index in [1.807, 2.05) is 0 Å². The minimum atomic E-state index is -0.289. The first-order chi connectivity index (χ1) is 4.70. The summed E-state index contributed by atoms with van der Waals surface area (Å²) in [6.07, 6.45) is 1.37. The van der Waals surface area contributed by atoms with Crippen molar-refractivity contribution in [2.75, 3.05) is 6.61 Å². The van der Waals surface area contributed by atoms with Crippen LogP contribution in [0.4, 0.5) is 0 Å². The van der Waals surface area contributed by atoms with Gasteiger partial charge in [-0.15, -0.1) is 0 Å². The van der Waals surface area contributed by atoms with Crippen LogP contribution in [0.15, 0.2) is 0 Å². The third-order valence-electron chi connectivity index (χ3n) is 1.24. The minimum Gasteiger partial charge on any atom is -0.396 e. The van der Waals surface area contributed by atoms with Gasteiger partial charge in [0.15, 0.2) is 0 Å². The zero-order chi connectivity index (χ0) is 7.98. The van der Waals surface area contributed by atoms with E-state index in [1.165, 1.54) is 6.92 Å². The van der Waals surface area contributed by atoms with Gasteiger partial charge in [-0.05, 0) is 13.3 Å². The largest absolute Gasteiger partial charge is 0.396 e. The fourth-order valence-electron chi connectivity index (χ4n) is 0.753. The van der Waals surface area contributed by atoms with Gasteiger partial charge in [-0.3, -0.25) is 0 Å². The molecule has 1 atom stereocenters. The molecule has 10 heavy (non-hydrogen) atoms. The summed E-state index contributed by atoms with van der Waals surface area (Å²) in [5.41, 5.74) is 0. The van der Waals surface area contributed by atoms with Crippen LogP contribution in [0.2, 0.25) is 0 Å². The maximum absolute atomic E-state index is 10.4. The van der Waals surface area contributed by atoms with E-state index in [2.05, 4.69) is 0 Å². The van der Waals surface area contributed by atoms with Gasteiger partial charge in [0.05, 0.1) is 0 Å². The molecule has 0 bridgehead atoms. The fourth-order valence-corrected chi connectivity index (χ4v) is 0.753. The van der Waals surface area contributed by atoms with Gasteiger partial charge in [0.1, 0.15) is 12.1 Å². The molecule has 0 aliphatic rings. The molecule has 3 heteroatoms. The predicted octanol–water partition coefficient (Wildman–Crippen LogP) is 0.163. The second-order valence-electron chi connectivity index (χ2n) is 2.31. The van der Waals surface area contributed by atoms with Gasteiger partial charge in [-0.2, -0.15) is 0 Å². The van der Waals surface area contributed by atoms with Crippen molar-refractivity contribution in [1.29, 1.82) is 0 Å². The third kappa shape index (κ3) is 4.21. The molecule has 0 aliphatic heterocycles.